The number of hydrogen-bond donors (Lipinski definition) is 4. The van der Waals surface area contributed by atoms with E-state index in [1.807, 2.05) is 12.1 Å². The third kappa shape index (κ3) is 4.61. The molecule has 0 amide bonds. The molecule has 0 unspecified atom stereocenters. The van der Waals surface area contributed by atoms with E-state index in [1.54, 1.807) is 12.1 Å². The number of benzene rings is 1. The van der Waals surface area contributed by atoms with Gasteiger partial charge in [0.15, 0.2) is 0 Å². The summed E-state index contributed by atoms with van der Waals surface area (Å²) in [5.74, 6) is 0.851. The van der Waals surface area contributed by atoms with E-state index >= 15 is 0 Å². The summed E-state index contributed by atoms with van der Waals surface area (Å²) in [5.41, 5.74) is -0.620. The largest absolute Gasteiger partial charge is 0.488 e. The van der Waals surface area contributed by atoms with Gasteiger partial charge in [0.05, 0.1) is 11.7 Å². The van der Waals surface area contributed by atoms with Crippen molar-refractivity contribution in [1.29, 1.82) is 0 Å². The molecule has 0 spiro atoms. The predicted octanol–water partition coefficient (Wildman–Crippen LogP) is 1.56. The van der Waals surface area contributed by atoms with Crippen molar-refractivity contribution >= 4 is 11.6 Å². The normalized spacial score (nSPS) is 29.5. The number of hydrogen-bond acceptors (Lipinski definition) is 5. The van der Waals surface area contributed by atoms with Crippen LogP contribution < -0.4 is 15.4 Å². The van der Waals surface area contributed by atoms with Gasteiger partial charge in [-0.05, 0) is 57.0 Å². The van der Waals surface area contributed by atoms with Crippen LogP contribution in [-0.2, 0) is 0 Å². The Labute approximate surface area is 148 Å². The molecule has 1 aliphatic heterocycles. The number of nitrogens with one attached hydrogen (secondary N) is 2. The standard InChI is InChI=1S/C18H27ClN2O3/c19-14-2-1-3-15(10-14)24-16-5-4-13(17(16)22)11-21-12-18(23)6-8-20-9-7-18/h1-3,10,13,16-17,20-23H,4-9,11-12H2/t13-,16-,17-/m1/s1. The summed E-state index contributed by atoms with van der Waals surface area (Å²) < 4.78 is 5.89. The third-order valence-electron chi connectivity index (χ3n) is 5.16. The zero-order valence-corrected chi connectivity index (χ0v) is 14.6. The summed E-state index contributed by atoms with van der Waals surface area (Å²) in [5, 5.41) is 28.2. The van der Waals surface area contributed by atoms with Crippen molar-refractivity contribution in [3.63, 3.8) is 0 Å². The first-order valence-corrected chi connectivity index (χ1v) is 9.18. The van der Waals surface area contributed by atoms with Gasteiger partial charge in [-0.3, -0.25) is 0 Å². The minimum Gasteiger partial charge on any atom is -0.488 e. The number of rotatable bonds is 6. The first-order valence-electron chi connectivity index (χ1n) is 8.80. The average molecular weight is 355 g/mol. The number of aliphatic hydroxyl groups is 2. The van der Waals surface area contributed by atoms with Crippen molar-refractivity contribution in [2.45, 2.75) is 43.5 Å². The van der Waals surface area contributed by atoms with E-state index in [0.717, 1.165) is 38.8 Å². The van der Waals surface area contributed by atoms with Crippen LogP contribution in [0.15, 0.2) is 24.3 Å². The molecule has 4 N–H and O–H groups in total. The Morgan fingerprint density at radius 1 is 1.29 bits per heavy atom. The van der Waals surface area contributed by atoms with Crippen molar-refractivity contribution < 1.29 is 14.9 Å². The lowest BCUT2D eigenvalue weighted by atomic mass is 9.92. The molecule has 1 heterocycles. The van der Waals surface area contributed by atoms with Gasteiger partial charge in [0.2, 0.25) is 0 Å². The van der Waals surface area contributed by atoms with E-state index < -0.39 is 11.7 Å². The van der Waals surface area contributed by atoms with Crippen LogP contribution in [0.2, 0.25) is 5.02 Å². The highest BCUT2D eigenvalue weighted by Gasteiger charge is 2.37. The second-order valence-corrected chi connectivity index (χ2v) is 7.48. The maximum absolute atomic E-state index is 10.5. The van der Waals surface area contributed by atoms with Gasteiger partial charge >= 0.3 is 0 Å². The first-order chi connectivity index (χ1) is 11.6. The minimum atomic E-state index is -0.620. The average Bonchev–Trinajstić information content (AvgIpc) is 2.89. The number of piperidine rings is 1. The Kier molecular flexibility index (Phi) is 6.00. The molecule has 1 saturated heterocycles. The second-order valence-electron chi connectivity index (χ2n) is 7.05. The lowest BCUT2D eigenvalue weighted by molar-refractivity contribution is 0.00574. The van der Waals surface area contributed by atoms with Crippen molar-refractivity contribution in [3.8, 4) is 5.75 Å². The van der Waals surface area contributed by atoms with Crippen molar-refractivity contribution in [2.24, 2.45) is 5.92 Å². The number of ether oxygens (including phenoxy) is 1. The number of halogens is 1. The highest BCUT2D eigenvalue weighted by molar-refractivity contribution is 6.30. The maximum atomic E-state index is 10.5. The molecule has 6 heteroatoms. The summed E-state index contributed by atoms with van der Waals surface area (Å²) in [7, 11) is 0. The molecule has 134 valence electrons. The molecule has 0 aromatic heterocycles. The lowest BCUT2D eigenvalue weighted by Crippen LogP contribution is -2.49. The molecule has 3 atom stereocenters. The summed E-state index contributed by atoms with van der Waals surface area (Å²) in [6.07, 6.45) is 2.59. The molecule has 2 aliphatic rings. The van der Waals surface area contributed by atoms with Gasteiger partial charge in [0.25, 0.3) is 0 Å². The Balaban J connectivity index is 1.44. The molecule has 5 nitrogen and oxygen atoms in total. The Morgan fingerprint density at radius 3 is 2.83 bits per heavy atom. The van der Waals surface area contributed by atoms with Gasteiger partial charge in [-0.25, -0.2) is 0 Å². The molecule has 24 heavy (non-hydrogen) atoms. The van der Waals surface area contributed by atoms with Crippen molar-refractivity contribution in [1.82, 2.24) is 10.6 Å². The van der Waals surface area contributed by atoms with Crippen LogP contribution in [0.5, 0.6) is 5.75 Å². The highest BCUT2D eigenvalue weighted by Crippen LogP contribution is 2.30. The molecule has 3 rings (SSSR count). The van der Waals surface area contributed by atoms with E-state index in [0.29, 0.717) is 23.9 Å². The lowest BCUT2D eigenvalue weighted by Gasteiger charge is -2.33. The van der Waals surface area contributed by atoms with E-state index in [2.05, 4.69) is 10.6 Å². The van der Waals surface area contributed by atoms with Crippen LogP contribution in [0.3, 0.4) is 0 Å². The summed E-state index contributed by atoms with van der Waals surface area (Å²) in [4.78, 5) is 0. The summed E-state index contributed by atoms with van der Waals surface area (Å²) in [6.45, 7) is 3.00. The van der Waals surface area contributed by atoms with Gasteiger partial charge in [-0.1, -0.05) is 17.7 Å². The maximum Gasteiger partial charge on any atom is 0.125 e. The van der Waals surface area contributed by atoms with Gasteiger partial charge in [0.1, 0.15) is 11.9 Å². The second kappa shape index (κ2) is 8.02. The minimum absolute atomic E-state index is 0.152. The predicted molar refractivity (Wildman–Crippen MR) is 94.5 cm³/mol. The Morgan fingerprint density at radius 2 is 2.08 bits per heavy atom. The SMILES string of the molecule is O[C@@H]1[C@@H](CNCC2(O)CCNCC2)CC[C@H]1Oc1cccc(Cl)c1. The molecule has 1 aliphatic carbocycles. The van der Waals surface area contributed by atoms with E-state index in [4.69, 9.17) is 16.3 Å². The van der Waals surface area contributed by atoms with E-state index in [-0.39, 0.29) is 12.0 Å². The molecular formula is C18H27ClN2O3. The van der Waals surface area contributed by atoms with Crippen LogP contribution in [0.25, 0.3) is 0 Å². The topological polar surface area (TPSA) is 73.8 Å². The van der Waals surface area contributed by atoms with Crippen LogP contribution in [-0.4, -0.2) is 54.2 Å². The van der Waals surface area contributed by atoms with Crippen LogP contribution in [0.4, 0.5) is 0 Å². The quantitative estimate of drug-likeness (QED) is 0.624. The van der Waals surface area contributed by atoms with Crippen molar-refractivity contribution in [3.05, 3.63) is 29.3 Å². The fraction of sp³-hybridized carbons (Fsp3) is 0.667. The third-order valence-corrected chi connectivity index (χ3v) is 5.40. The summed E-state index contributed by atoms with van der Waals surface area (Å²) in [6, 6.07) is 7.28. The number of aliphatic hydroxyl groups excluding tert-OH is 1. The van der Waals surface area contributed by atoms with Crippen LogP contribution in [0.1, 0.15) is 25.7 Å². The van der Waals surface area contributed by atoms with Gasteiger partial charge in [-0.15, -0.1) is 0 Å². The fourth-order valence-electron chi connectivity index (χ4n) is 3.65. The zero-order valence-electron chi connectivity index (χ0n) is 13.9. The molecule has 1 aromatic carbocycles. The van der Waals surface area contributed by atoms with Gasteiger partial charge in [0, 0.05) is 24.0 Å². The van der Waals surface area contributed by atoms with E-state index in [9.17, 15) is 10.2 Å². The first kappa shape index (κ1) is 18.0. The molecule has 0 radical (unpaired) electrons. The monoisotopic (exact) mass is 354 g/mol. The highest BCUT2D eigenvalue weighted by atomic mass is 35.5. The smallest absolute Gasteiger partial charge is 0.125 e. The summed E-state index contributed by atoms with van der Waals surface area (Å²) >= 11 is 5.97. The fourth-order valence-corrected chi connectivity index (χ4v) is 3.83. The molecule has 1 aromatic rings. The van der Waals surface area contributed by atoms with E-state index in [1.165, 1.54) is 0 Å². The van der Waals surface area contributed by atoms with Gasteiger partial charge in [-0.2, -0.15) is 0 Å². The van der Waals surface area contributed by atoms with Crippen LogP contribution >= 0.6 is 11.6 Å². The molecule has 2 fully saturated rings. The molecule has 1 saturated carbocycles. The molecular weight excluding hydrogens is 328 g/mol. The Hall–Kier alpha value is -0.850. The Bertz CT molecular complexity index is 537. The molecule has 0 bridgehead atoms. The van der Waals surface area contributed by atoms with Gasteiger partial charge < -0.3 is 25.6 Å². The van der Waals surface area contributed by atoms with Crippen LogP contribution in [0, 0.1) is 5.92 Å². The zero-order chi connectivity index (χ0) is 17.0. The van der Waals surface area contributed by atoms with Crippen molar-refractivity contribution in [2.75, 3.05) is 26.2 Å².